The fourth-order valence-corrected chi connectivity index (χ4v) is 2.24. The van der Waals surface area contributed by atoms with Crippen LogP contribution in [0, 0.1) is 23.5 Å². The Kier molecular flexibility index (Phi) is 4.98. The Morgan fingerprint density at radius 1 is 1.05 bits per heavy atom. The molecule has 0 radical (unpaired) electrons. The van der Waals surface area contributed by atoms with Gasteiger partial charge in [-0.3, -0.25) is 4.79 Å². The minimum Gasteiger partial charge on any atom is -0.379 e. The minimum absolute atomic E-state index is 0.00948. The summed E-state index contributed by atoms with van der Waals surface area (Å²) in [5, 5.41) is 2.22. The first-order valence-corrected chi connectivity index (χ1v) is 6.72. The summed E-state index contributed by atoms with van der Waals surface area (Å²) >= 11 is 0. The normalized spacial score (nSPS) is 15.1. The Morgan fingerprint density at radius 2 is 1.62 bits per heavy atom. The van der Waals surface area contributed by atoms with Crippen LogP contribution in [0.15, 0.2) is 0 Å². The van der Waals surface area contributed by atoms with Crippen LogP contribution < -0.4 is 5.32 Å². The Labute approximate surface area is 119 Å². The van der Waals surface area contributed by atoms with E-state index in [9.17, 15) is 22.4 Å². The second-order valence-electron chi connectivity index (χ2n) is 4.81. The van der Waals surface area contributed by atoms with Gasteiger partial charge in [0.2, 0.25) is 17.5 Å². The molecule has 0 atom stereocenters. The maximum Gasteiger partial charge on any atom is 0.253 e. The summed E-state index contributed by atoms with van der Waals surface area (Å²) in [4.78, 5) is 16.0. The number of pyridine rings is 1. The van der Waals surface area contributed by atoms with Gasteiger partial charge < -0.3 is 10.2 Å². The molecule has 0 unspecified atom stereocenters. The average molecular weight is 305 g/mol. The third kappa shape index (κ3) is 3.62. The van der Waals surface area contributed by atoms with E-state index in [2.05, 4.69) is 10.3 Å². The molecule has 0 aliphatic carbocycles. The number of nitrogens with one attached hydrogen (secondary N) is 1. The first kappa shape index (κ1) is 15.5. The van der Waals surface area contributed by atoms with E-state index < -0.39 is 29.2 Å². The van der Waals surface area contributed by atoms with Crippen molar-refractivity contribution in [3.8, 4) is 0 Å². The summed E-state index contributed by atoms with van der Waals surface area (Å²) in [5.74, 6) is -6.80. The maximum absolute atomic E-state index is 13.3. The highest BCUT2D eigenvalue weighted by molar-refractivity contribution is 5.76. The molecule has 2 rings (SSSR count). The zero-order valence-corrected chi connectivity index (χ0v) is 11.3. The maximum atomic E-state index is 13.3. The second-order valence-corrected chi connectivity index (χ2v) is 4.81. The highest BCUT2D eigenvalue weighted by Crippen LogP contribution is 2.22. The summed E-state index contributed by atoms with van der Waals surface area (Å²) in [5.41, 5.74) is -0.938. The fourth-order valence-electron chi connectivity index (χ4n) is 2.24. The summed E-state index contributed by atoms with van der Waals surface area (Å²) in [6.45, 7) is 1.21. The van der Waals surface area contributed by atoms with Crippen LogP contribution in [0.4, 0.5) is 23.2 Å². The van der Waals surface area contributed by atoms with E-state index >= 15 is 0 Å². The molecule has 1 aliphatic heterocycles. The molecule has 0 aromatic carbocycles. The van der Waals surface area contributed by atoms with Crippen LogP contribution in [0.25, 0.3) is 0 Å². The first-order chi connectivity index (χ1) is 10.0. The smallest absolute Gasteiger partial charge is 0.253 e. The van der Waals surface area contributed by atoms with Gasteiger partial charge in [-0.05, 0) is 19.3 Å². The third-order valence-electron chi connectivity index (χ3n) is 3.35. The summed E-state index contributed by atoms with van der Waals surface area (Å²) in [6, 6.07) is 0. The fraction of sp³-hybridized carbons (Fsp3) is 0.538. The predicted molar refractivity (Wildman–Crippen MR) is 67.6 cm³/mol. The number of hydrogen-bond donors (Lipinski definition) is 1. The van der Waals surface area contributed by atoms with Crippen LogP contribution in [-0.4, -0.2) is 35.4 Å². The molecule has 1 aromatic heterocycles. The van der Waals surface area contributed by atoms with Crippen LogP contribution in [0.2, 0.25) is 0 Å². The topological polar surface area (TPSA) is 45.2 Å². The molecular weight excluding hydrogens is 290 g/mol. The highest BCUT2D eigenvalue weighted by Gasteiger charge is 2.21. The Morgan fingerprint density at radius 3 is 2.19 bits per heavy atom. The molecule has 1 amide bonds. The van der Waals surface area contributed by atoms with Crippen molar-refractivity contribution in [1.82, 2.24) is 9.88 Å². The van der Waals surface area contributed by atoms with Gasteiger partial charge in [0.15, 0.2) is 0 Å². The first-order valence-electron chi connectivity index (χ1n) is 6.72. The number of rotatable bonds is 4. The van der Waals surface area contributed by atoms with Gasteiger partial charge in [0.25, 0.3) is 11.9 Å². The molecule has 0 spiro atoms. The number of halogens is 4. The van der Waals surface area contributed by atoms with Crippen molar-refractivity contribution < 1.29 is 22.4 Å². The highest BCUT2D eigenvalue weighted by atomic mass is 19.2. The zero-order valence-electron chi connectivity index (χ0n) is 11.3. The number of likely N-dealkylation sites (tertiary alicyclic amines) is 1. The van der Waals surface area contributed by atoms with Crippen molar-refractivity contribution in [1.29, 1.82) is 0 Å². The Balaban J connectivity index is 1.93. The lowest BCUT2D eigenvalue weighted by atomic mass is 10.1. The summed E-state index contributed by atoms with van der Waals surface area (Å²) < 4.78 is 52.4. The van der Waals surface area contributed by atoms with Gasteiger partial charge in [-0.1, -0.05) is 0 Å². The molecule has 4 nitrogen and oxygen atoms in total. The quantitative estimate of drug-likeness (QED) is 0.686. The molecule has 8 heteroatoms. The van der Waals surface area contributed by atoms with Crippen molar-refractivity contribution in [3.05, 3.63) is 23.5 Å². The van der Waals surface area contributed by atoms with Crippen molar-refractivity contribution in [2.75, 3.05) is 25.0 Å². The molecule has 1 aliphatic rings. The lowest BCUT2D eigenvalue weighted by Crippen LogP contribution is -2.36. The van der Waals surface area contributed by atoms with E-state index in [0.717, 1.165) is 19.3 Å². The average Bonchev–Trinajstić information content (AvgIpc) is 2.49. The number of nitrogens with zero attached hydrogens (tertiary/aromatic N) is 2. The predicted octanol–water partition coefficient (Wildman–Crippen LogP) is 2.45. The molecule has 0 saturated carbocycles. The van der Waals surface area contributed by atoms with Crippen LogP contribution in [0.5, 0.6) is 0 Å². The second kappa shape index (κ2) is 6.73. The molecule has 21 heavy (non-hydrogen) atoms. The van der Waals surface area contributed by atoms with Gasteiger partial charge in [0, 0.05) is 26.1 Å². The van der Waals surface area contributed by atoms with Crippen LogP contribution >= 0.6 is 0 Å². The molecule has 1 fully saturated rings. The lowest BCUT2D eigenvalue weighted by molar-refractivity contribution is -0.131. The molecule has 1 N–H and O–H groups in total. The van der Waals surface area contributed by atoms with Crippen LogP contribution in [0.1, 0.15) is 25.7 Å². The van der Waals surface area contributed by atoms with Gasteiger partial charge >= 0.3 is 0 Å². The summed E-state index contributed by atoms with van der Waals surface area (Å²) in [6.07, 6.45) is 2.94. The largest absolute Gasteiger partial charge is 0.379 e. The number of hydrogen-bond acceptors (Lipinski definition) is 3. The minimum atomic E-state index is -1.72. The molecule has 2 heterocycles. The molecule has 1 aromatic rings. The monoisotopic (exact) mass is 305 g/mol. The number of anilines is 1. The SMILES string of the molecule is O=C(CCNc1c(F)c(F)nc(F)c1F)N1CCCCC1. The van der Waals surface area contributed by atoms with Gasteiger partial charge in [-0.2, -0.15) is 22.5 Å². The van der Waals surface area contributed by atoms with Crippen molar-refractivity contribution in [3.63, 3.8) is 0 Å². The van der Waals surface area contributed by atoms with Crippen molar-refractivity contribution >= 4 is 11.6 Å². The number of carbonyl (C=O) groups is 1. The number of carbonyl (C=O) groups excluding carboxylic acids is 1. The van der Waals surface area contributed by atoms with Gasteiger partial charge in [-0.15, -0.1) is 0 Å². The molecule has 0 bridgehead atoms. The van der Waals surface area contributed by atoms with E-state index in [0.29, 0.717) is 13.1 Å². The number of piperidine rings is 1. The van der Waals surface area contributed by atoms with Crippen LogP contribution in [0.3, 0.4) is 0 Å². The van der Waals surface area contributed by atoms with Crippen molar-refractivity contribution in [2.45, 2.75) is 25.7 Å². The van der Waals surface area contributed by atoms with E-state index in [1.165, 1.54) is 0 Å². The standard InChI is InChI=1S/C13H15F4N3O/c14-9-11(10(15)13(17)19-12(9)16)18-5-4-8(21)20-6-2-1-3-7-20/h1-7H2,(H,18,19). The Bertz CT molecular complexity index is 506. The van der Waals surface area contributed by atoms with E-state index in [1.807, 2.05) is 0 Å². The Hall–Kier alpha value is -1.86. The zero-order chi connectivity index (χ0) is 15.4. The van der Waals surface area contributed by atoms with Gasteiger partial charge in [0.1, 0.15) is 5.69 Å². The lowest BCUT2D eigenvalue weighted by Gasteiger charge is -2.26. The van der Waals surface area contributed by atoms with Gasteiger partial charge in [0.05, 0.1) is 0 Å². The van der Waals surface area contributed by atoms with E-state index in [-0.39, 0.29) is 18.9 Å². The molecule has 1 saturated heterocycles. The molecule has 116 valence electrons. The summed E-state index contributed by atoms with van der Waals surface area (Å²) in [7, 11) is 0. The number of amides is 1. The van der Waals surface area contributed by atoms with Crippen molar-refractivity contribution in [2.24, 2.45) is 0 Å². The van der Waals surface area contributed by atoms with E-state index in [4.69, 9.17) is 0 Å². The molecular formula is C13H15F4N3O. The number of aromatic nitrogens is 1. The van der Waals surface area contributed by atoms with E-state index in [1.54, 1.807) is 4.90 Å². The third-order valence-corrected chi connectivity index (χ3v) is 3.35. The van der Waals surface area contributed by atoms with Crippen LogP contribution in [-0.2, 0) is 4.79 Å². The van der Waals surface area contributed by atoms with Gasteiger partial charge in [-0.25, -0.2) is 0 Å².